The molecule has 0 bridgehead atoms. The Morgan fingerprint density at radius 2 is 2.08 bits per heavy atom. The predicted molar refractivity (Wildman–Crippen MR) is 140 cm³/mol. The van der Waals surface area contributed by atoms with E-state index in [0.29, 0.717) is 65.9 Å². The number of methoxy groups -OCH3 is 1. The molecule has 11 nitrogen and oxygen atoms in total. The second-order valence-electron chi connectivity index (χ2n) is 8.66. The highest BCUT2D eigenvalue weighted by molar-refractivity contribution is 6.32. The van der Waals surface area contributed by atoms with Crippen LogP contribution < -0.4 is 15.0 Å². The minimum Gasteiger partial charge on any atom is -0.502 e. The van der Waals surface area contributed by atoms with Crippen molar-refractivity contribution in [1.82, 2.24) is 9.97 Å². The molecule has 3 N–H and O–H groups in total. The Morgan fingerprint density at radius 1 is 1.35 bits per heavy atom. The molecular formula is C25H26ClN5O6. The van der Waals surface area contributed by atoms with Gasteiger partial charge in [0.25, 0.3) is 0 Å². The predicted octanol–water partition coefficient (Wildman–Crippen LogP) is 4.55. The monoisotopic (exact) mass is 527 g/mol. The molecule has 0 amide bonds. The topological polar surface area (TPSA) is 151 Å². The number of phenolic OH excluding ortho intramolecular Hbond substituents is 1. The summed E-state index contributed by atoms with van der Waals surface area (Å²) in [5.41, 5.74) is 0.974. The van der Waals surface area contributed by atoms with Gasteiger partial charge in [0.15, 0.2) is 5.75 Å². The highest BCUT2D eigenvalue weighted by Gasteiger charge is 2.28. The van der Waals surface area contributed by atoms with Gasteiger partial charge in [-0.15, -0.1) is 6.58 Å². The van der Waals surface area contributed by atoms with Crippen molar-refractivity contribution in [2.24, 2.45) is 5.92 Å². The Morgan fingerprint density at radius 3 is 2.68 bits per heavy atom. The number of carbonyl (C=O) groups is 1. The second kappa shape index (κ2) is 10.9. The first-order valence-corrected chi connectivity index (χ1v) is 12.0. The van der Waals surface area contributed by atoms with Crippen molar-refractivity contribution in [3.8, 4) is 11.5 Å². The van der Waals surface area contributed by atoms with Gasteiger partial charge in [-0.05, 0) is 37.0 Å². The minimum absolute atomic E-state index is 0.148. The third kappa shape index (κ3) is 5.36. The van der Waals surface area contributed by atoms with Gasteiger partial charge in [0.05, 0.1) is 33.9 Å². The molecule has 194 valence electrons. The van der Waals surface area contributed by atoms with Crippen LogP contribution in [0.3, 0.4) is 0 Å². The Bertz CT molecular complexity index is 1370. The standard InChI is InChI=1S/C25H26ClN5O6/c1-3-4-16-21-17(12-19(22(16)32)31(35)36)23(27-13-14-5-6-20(37-2)18(26)11-14)29-25(28-21)30-9-7-15(8-10-30)24(33)34/h3,5-6,11-12,15,32H,1,4,7-10,13H2,2H3,(H,33,34)(H,27,28,29). The van der Waals surface area contributed by atoms with Gasteiger partial charge in [-0.25, -0.2) is 4.98 Å². The third-order valence-electron chi connectivity index (χ3n) is 6.38. The van der Waals surface area contributed by atoms with Gasteiger partial charge in [-0.3, -0.25) is 14.9 Å². The lowest BCUT2D eigenvalue weighted by molar-refractivity contribution is -0.385. The number of nitro groups is 1. The van der Waals surface area contributed by atoms with E-state index in [0.717, 1.165) is 5.56 Å². The Balaban J connectivity index is 1.80. The molecule has 37 heavy (non-hydrogen) atoms. The number of hydrogen-bond donors (Lipinski definition) is 3. The van der Waals surface area contributed by atoms with Crippen LogP contribution in [0.5, 0.6) is 11.5 Å². The quantitative estimate of drug-likeness (QED) is 0.205. The van der Waals surface area contributed by atoms with Crippen LogP contribution in [-0.4, -0.2) is 51.3 Å². The number of carboxylic acid groups (broad SMARTS) is 1. The lowest BCUT2D eigenvalue weighted by Crippen LogP contribution is -2.37. The minimum atomic E-state index is -0.829. The van der Waals surface area contributed by atoms with Crippen LogP contribution in [0, 0.1) is 16.0 Å². The molecule has 4 rings (SSSR count). The van der Waals surface area contributed by atoms with Crippen molar-refractivity contribution in [3.05, 3.63) is 63.2 Å². The van der Waals surface area contributed by atoms with Crippen LogP contribution in [-0.2, 0) is 17.8 Å². The first-order chi connectivity index (χ1) is 17.7. The van der Waals surface area contributed by atoms with Crippen molar-refractivity contribution in [2.75, 3.05) is 30.4 Å². The number of aromatic nitrogens is 2. The number of nitrogens with zero attached hydrogens (tertiary/aromatic N) is 4. The number of carboxylic acids is 1. The Labute approximate surface area is 217 Å². The molecule has 0 atom stereocenters. The highest BCUT2D eigenvalue weighted by Crippen LogP contribution is 2.39. The van der Waals surface area contributed by atoms with E-state index in [1.807, 2.05) is 11.0 Å². The summed E-state index contributed by atoms with van der Waals surface area (Å²) >= 11 is 6.26. The van der Waals surface area contributed by atoms with Gasteiger partial charge in [-0.1, -0.05) is 23.7 Å². The molecule has 1 fully saturated rings. The van der Waals surface area contributed by atoms with E-state index in [4.69, 9.17) is 16.3 Å². The van der Waals surface area contributed by atoms with Crippen molar-refractivity contribution in [3.63, 3.8) is 0 Å². The number of nitro benzene ring substituents is 1. The van der Waals surface area contributed by atoms with Crippen LogP contribution in [0.4, 0.5) is 17.5 Å². The average molecular weight is 528 g/mol. The van der Waals surface area contributed by atoms with Gasteiger partial charge >= 0.3 is 11.7 Å². The zero-order valence-electron chi connectivity index (χ0n) is 20.1. The SMILES string of the molecule is C=CCc1c(O)c([N+](=O)[O-])cc2c(NCc3ccc(OC)c(Cl)c3)nc(N3CCC(C(=O)O)CC3)nc12. The molecule has 2 aromatic carbocycles. The summed E-state index contributed by atoms with van der Waals surface area (Å²) in [6, 6.07) is 6.56. The Hall–Kier alpha value is -4.12. The van der Waals surface area contributed by atoms with E-state index in [2.05, 4.69) is 21.9 Å². The summed E-state index contributed by atoms with van der Waals surface area (Å²) in [5.74, 6) is -0.530. The fourth-order valence-corrected chi connectivity index (χ4v) is 4.66. The van der Waals surface area contributed by atoms with Crippen LogP contribution in [0.25, 0.3) is 10.9 Å². The van der Waals surface area contributed by atoms with Gasteiger partial charge in [0.2, 0.25) is 5.95 Å². The number of allylic oxidation sites excluding steroid dienone is 1. The number of halogens is 1. The molecule has 1 aromatic heterocycles. The van der Waals surface area contributed by atoms with Crippen molar-refractivity contribution in [1.29, 1.82) is 0 Å². The second-order valence-corrected chi connectivity index (χ2v) is 9.07. The molecule has 0 radical (unpaired) electrons. The van der Waals surface area contributed by atoms with Crippen LogP contribution in [0.2, 0.25) is 5.02 Å². The molecule has 12 heteroatoms. The molecule has 0 spiro atoms. The molecule has 2 heterocycles. The zero-order valence-corrected chi connectivity index (χ0v) is 20.9. The summed E-state index contributed by atoms with van der Waals surface area (Å²) in [5, 5.41) is 35.7. The van der Waals surface area contributed by atoms with Crippen LogP contribution >= 0.6 is 11.6 Å². The van der Waals surface area contributed by atoms with Crippen molar-refractivity contribution < 1.29 is 24.7 Å². The number of nitrogens with one attached hydrogen (secondary N) is 1. The number of aromatic hydroxyl groups is 1. The third-order valence-corrected chi connectivity index (χ3v) is 6.67. The summed E-state index contributed by atoms with van der Waals surface area (Å²) in [4.78, 5) is 33.6. The zero-order chi connectivity index (χ0) is 26.7. The molecule has 0 saturated carbocycles. The van der Waals surface area contributed by atoms with E-state index in [-0.39, 0.29) is 12.0 Å². The number of rotatable bonds is 9. The van der Waals surface area contributed by atoms with E-state index < -0.39 is 28.2 Å². The fourth-order valence-electron chi connectivity index (χ4n) is 4.38. The Kier molecular flexibility index (Phi) is 7.63. The largest absolute Gasteiger partial charge is 0.502 e. The number of benzene rings is 2. The van der Waals surface area contributed by atoms with E-state index in [9.17, 15) is 25.1 Å². The smallest absolute Gasteiger partial charge is 0.311 e. The molecule has 1 aliphatic heterocycles. The maximum absolute atomic E-state index is 11.7. The number of piperidine rings is 1. The van der Waals surface area contributed by atoms with E-state index in [1.165, 1.54) is 19.3 Å². The molecular weight excluding hydrogens is 502 g/mol. The first kappa shape index (κ1) is 26.0. The number of fused-ring (bicyclic) bond motifs is 1. The van der Waals surface area contributed by atoms with Crippen LogP contribution in [0.1, 0.15) is 24.0 Å². The highest BCUT2D eigenvalue weighted by atomic mass is 35.5. The van der Waals surface area contributed by atoms with E-state index in [1.54, 1.807) is 12.1 Å². The lowest BCUT2D eigenvalue weighted by Gasteiger charge is -2.30. The van der Waals surface area contributed by atoms with Crippen molar-refractivity contribution >= 4 is 45.9 Å². The summed E-state index contributed by atoms with van der Waals surface area (Å²) in [6.45, 7) is 4.87. The fraction of sp³-hybridized carbons (Fsp3) is 0.320. The van der Waals surface area contributed by atoms with Gasteiger partial charge in [-0.2, -0.15) is 4.98 Å². The normalized spacial score (nSPS) is 13.9. The average Bonchev–Trinajstić information content (AvgIpc) is 2.88. The first-order valence-electron chi connectivity index (χ1n) is 11.6. The number of hydrogen-bond acceptors (Lipinski definition) is 9. The number of phenols is 1. The maximum atomic E-state index is 11.7. The number of anilines is 2. The van der Waals surface area contributed by atoms with Gasteiger partial charge in [0.1, 0.15) is 11.6 Å². The summed E-state index contributed by atoms with van der Waals surface area (Å²) in [7, 11) is 1.52. The molecule has 0 aliphatic carbocycles. The maximum Gasteiger partial charge on any atom is 0.311 e. The summed E-state index contributed by atoms with van der Waals surface area (Å²) in [6.07, 6.45) is 2.56. The number of aliphatic carboxylic acids is 1. The van der Waals surface area contributed by atoms with E-state index >= 15 is 0 Å². The molecule has 1 saturated heterocycles. The summed E-state index contributed by atoms with van der Waals surface area (Å²) < 4.78 is 5.20. The van der Waals surface area contributed by atoms with Gasteiger partial charge in [0, 0.05) is 31.3 Å². The molecule has 1 aliphatic rings. The van der Waals surface area contributed by atoms with Crippen molar-refractivity contribution in [2.45, 2.75) is 25.8 Å². The van der Waals surface area contributed by atoms with Gasteiger partial charge < -0.3 is 25.2 Å². The molecule has 0 unspecified atom stereocenters. The molecule has 3 aromatic rings. The lowest BCUT2D eigenvalue weighted by atomic mass is 9.97. The van der Waals surface area contributed by atoms with Crippen LogP contribution in [0.15, 0.2) is 36.9 Å². The number of ether oxygens (including phenoxy) is 1.